The van der Waals surface area contributed by atoms with E-state index in [4.69, 9.17) is 31.9 Å². The smallest absolute Gasteiger partial charge is 0.360 e. The first kappa shape index (κ1) is 16.8. The third-order valence-corrected chi connectivity index (χ3v) is 3.45. The maximum atomic E-state index is 11.8. The standard InChI is InChI=1S/C12H16ClN3O6/c1-2-21-12(20)6-10(13)16-11(14)5(15-6)9-8(19)7(18)4(3-17)22-9/h4,7-9,17-19H,2-3H2,1H3,(H2,14,16)/t4-,7-,8-,9+/m1/s1. The van der Waals surface area contributed by atoms with E-state index in [0.29, 0.717) is 0 Å². The quantitative estimate of drug-likeness (QED) is 0.511. The van der Waals surface area contributed by atoms with Crippen LogP contribution in [0, 0.1) is 0 Å². The first-order valence-electron chi connectivity index (χ1n) is 6.53. The van der Waals surface area contributed by atoms with Crippen molar-refractivity contribution in [3.8, 4) is 0 Å². The lowest BCUT2D eigenvalue weighted by atomic mass is 10.1. The molecule has 10 heteroatoms. The van der Waals surface area contributed by atoms with Crippen LogP contribution in [0.15, 0.2) is 0 Å². The lowest BCUT2D eigenvalue weighted by Crippen LogP contribution is -2.32. The van der Waals surface area contributed by atoms with Crippen LogP contribution in [-0.4, -0.2) is 62.8 Å². The third-order valence-electron chi connectivity index (χ3n) is 3.19. The molecular weight excluding hydrogens is 318 g/mol. The molecule has 1 fully saturated rings. The molecule has 0 unspecified atom stereocenters. The first-order chi connectivity index (χ1) is 10.4. The van der Waals surface area contributed by atoms with Gasteiger partial charge in [0.1, 0.15) is 35.9 Å². The van der Waals surface area contributed by atoms with Crippen LogP contribution in [0.2, 0.25) is 5.15 Å². The maximum absolute atomic E-state index is 11.8. The molecular formula is C12H16ClN3O6. The SMILES string of the molecule is CCOC(=O)c1nc([C@@H]2O[C@H](CO)[C@@H](O)[C@H]2O)c(N)nc1Cl. The number of rotatable bonds is 4. The number of nitrogens with zero attached hydrogens (tertiary/aromatic N) is 2. The zero-order valence-electron chi connectivity index (χ0n) is 11.6. The number of nitrogens with two attached hydrogens (primary N) is 1. The lowest BCUT2D eigenvalue weighted by molar-refractivity contribution is -0.0238. The highest BCUT2D eigenvalue weighted by atomic mass is 35.5. The Morgan fingerprint density at radius 3 is 2.64 bits per heavy atom. The zero-order chi connectivity index (χ0) is 16.4. The van der Waals surface area contributed by atoms with E-state index in [1.54, 1.807) is 6.92 Å². The summed E-state index contributed by atoms with van der Waals surface area (Å²) >= 11 is 5.81. The van der Waals surface area contributed by atoms with Gasteiger partial charge in [-0.1, -0.05) is 11.6 Å². The minimum Gasteiger partial charge on any atom is -0.461 e. The minimum absolute atomic E-state index is 0.0602. The first-order valence-corrected chi connectivity index (χ1v) is 6.91. The zero-order valence-corrected chi connectivity index (χ0v) is 12.4. The summed E-state index contributed by atoms with van der Waals surface area (Å²) in [6, 6.07) is 0. The molecule has 1 aliphatic heterocycles. The number of hydrogen-bond donors (Lipinski definition) is 4. The van der Waals surface area contributed by atoms with Crippen molar-refractivity contribution < 1.29 is 29.6 Å². The maximum Gasteiger partial charge on any atom is 0.360 e. The van der Waals surface area contributed by atoms with E-state index in [2.05, 4.69) is 9.97 Å². The summed E-state index contributed by atoms with van der Waals surface area (Å²) in [5.41, 5.74) is 5.36. The molecule has 0 amide bonds. The molecule has 2 rings (SSSR count). The predicted octanol–water partition coefficient (Wildman–Crippen LogP) is -0.957. The van der Waals surface area contributed by atoms with Crippen LogP contribution in [-0.2, 0) is 9.47 Å². The van der Waals surface area contributed by atoms with Crippen LogP contribution in [0.5, 0.6) is 0 Å². The molecule has 0 aromatic carbocycles. The van der Waals surface area contributed by atoms with Gasteiger partial charge in [-0.25, -0.2) is 14.8 Å². The normalized spacial score (nSPS) is 27.9. The van der Waals surface area contributed by atoms with Gasteiger partial charge in [0.2, 0.25) is 0 Å². The Morgan fingerprint density at radius 1 is 1.41 bits per heavy atom. The van der Waals surface area contributed by atoms with Gasteiger partial charge in [0.15, 0.2) is 10.8 Å². The Bertz CT molecular complexity index is 572. The number of hydrogen-bond acceptors (Lipinski definition) is 9. The Labute approximate surface area is 130 Å². The van der Waals surface area contributed by atoms with E-state index in [9.17, 15) is 15.0 Å². The summed E-state index contributed by atoms with van der Waals surface area (Å²) in [5, 5.41) is 28.6. The van der Waals surface area contributed by atoms with Crippen LogP contribution < -0.4 is 5.73 Å². The van der Waals surface area contributed by atoms with E-state index < -0.39 is 37.0 Å². The van der Waals surface area contributed by atoms with Crippen LogP contribution in [0.25, 0.3) is 0 Å². The van der Waals surface area contributed by atoms with Gasteiger partial charge in [0, 0.05) is 0 Å². The van der Waals surface area contributed by atoms with Crippen LogP contribution in [0.4, 0.5) is 5.82 Å². The van der Waals surface area contributed by atoms with E-state index >= 15 is 0 Å². The van der Waals surface area contributed by atoms with Crippen molar-refractivity contribution in [1.82, 2.24) is 9.97 Å². The number of ether oxygens (including phenoxy) is 2. The highest BCUT2D eigenvalue weighted by Gasteiger charge is 2.45. The molecule has 9 nitrogen and oxygen atoms in total. The molecule has 1 saturated heterocycles. The number of nitrogen functional groups attached to an aromatic ring is 1. The lowest BCUT2D eigenvalue weighted by Gasteiger charge is -2.16. The van der Waals surface area contributed by atoms with Crippen LogP contribution >= 0.6 is 11.6 Å². The second kappa shape index (κ2) is 6.71. The molecule has 0 spiro atoms. The van der Waals surface area contributed by atoms with Gasteiger partial charge in [-0.15, -0.1) is 0 Å². The van der Waals surface area contributed by atoms with E-state index in [1.165, 1.54) is 0 Å². The van der Waals surface area contributed by atoms with E-state index in [-0.39, 0.29) is 29.0 Å². The number of halogens is 1. The Morgan fingerprint density at radius 2 is 2.09 bits per heavy atom. The van der Waals surface area contributed by atoms with Gasteiger partial charge in [-0.3, -0.25) is 0 Å². The fraction of sp³-hybridized carbons (Fsp3) is 0.583. The Hall–Kier alpha value is -1.52. The van der Waals surface area contributed by atoms with Crippen molar-refractivity contribution in [3.05, 3.63) is 16.5 Å². The molecule has 122 valence electrons. The summed E-state index contributed by atoms with van der Waals surface area (Å²) in [4.78, 5) is 19.5. The third kappa shape index (κ3) is 2.99. The molecule has 1 aromatic rings. The van der Waals surface area contributed by atoms with Gasteiger partial charge in [0.25, 0.3) is 0 Å². The van der Waals surface area contributed by atoms with Gasteiger partial charge >= 0.3 is 5.97 Å². The molecule has 4 atom stereocenters. The van der Waals surface area contributed by atoms with Crippen molar-refractivity contribution in [2.75, 3.05) is 18.9 Å². The molecule has 1 aromatic heterocycles. The highest BCUT2D eigenvalue weighted by molar-refractivity contribution is 6.32. The number of aliphatic hydroxyl groups excluding tert-OH is 3. The average Bonchev–Trinajstić information content (AvgIpc) is 2.75. The van der Waals surface area contributed by atoms with Gasteiger partial charge < -0.3 is 30.5 Å². The summed E-state index contributed by atoms with van der Waals surface area (Å²) < 4.78 is 10.1. The van der Waals surface area contributed by atoms with Crippen LogP contribution in [0.1, 0.15) is 29.2 Å². The van der Waals surface area contributed by atoms with Crippen molar-refractivity contribution in [1.29, 1.82) is 0 Å². The van der Waals surface area contributed by atoms with Gasteiger partial charge in [0.05, 0.1) is 13.2 Å². The van der Waals surface area contributed by atoms with Crippen molar-refractivity contribution in [2.24, 2.45) is 0 Å². The Kier molecular flexibility index (Phi) is 5.14. The number of anilines is 1. The summed E-state index contributed by atoms with van der Waals surface area (Å²) in [5.74, 6) is -0.958. The molecule has 0 radical (unpaired) electrons. The number of aliphatic hydroxyl groups is 3. The van der Waals surface area contributed by atoms with Crippen LogP contribution in [0.3, 0.4) is 0 Å². The van der Waals surface area contributed by atoms with E-state index in [1.807, 2.05) is 0 Å². The molecule has 5 N–H and O–H groups in total. The van der Waals surface area contributed by atoms with Gasteiger partial charge in [-0.05, 0) is 6.92 Å². The van der Waals surface area contributed by atoms with Crippen molar-refractivity contribution >= 4 is 23.4 Å². The average molecular weight is 334 g/mol. The molecule has 0 bridgehead atoms. The van der Waals surface area contributed by atoms with Crippen molar-refractivity contribution in [2.45, 2.75) is 31.3 Å². The molecule has 22 heavy (non-hydrogen) atoms. The predicted molar refractivity (Wildman–Crippen MR) is 74.1 cm³/mol. The number of aromatic nitrogens is 2. The summed E-state index contributed by atoms with van der Waals surface area (Å²) in [7, 11) is 0. The Balaban J connectivity index is 2.39. The number of carbonyl (C=O) groups excluding carboxylic acids is 1. The fourth-order valence-corrected chi connectivity index (χ4v) is 2.31. The fourth-order valence-electron chi connectivity index (χ4n) is 2.10. The number of esters is 1. The molecule has 0 saturated carbocycles. The highest BCUT2D eigenvalue weighted by Crippen LogP contribution is 2.35. The largest absolute Gasteiger partial charge is 0.461 e. The molecule has 1 aliphatic rings. The second-order valence-electron chi connectivity index (χ2n) is 4.61. The minimum atomic E-state index is -1.38. The topological polar surface area (TPSA) is 148 Å². The van der Waals surface area contributed by atoms with Gasteiger partial charge in [-0.2, -0.15) is 0 Å². The molecule has 0 aliphatic carbocycles. The summed E-state index contributed by atoms with van der Waals surface area (Å²) in [6.45, 7) is 1.23. The van der Waals surface area contributed by atoms with E-state index in [0.717, 1.165) is 0 Å². The second-order valence-corrected chi connectivity index (χ2v) is 4.97. The molecule has 2 heterocycles. The number of carbonyl (C=O) groups is 1. The monoisotopic (exact) mass is 333 g/mol. The summed E-state index contributed by atoms with van der Waals surface area (Å²) in [6.07, 6.45) is -4.85. The van der Waals surface area contributed by atoms with Crippen molar-refractivity contribution in [3.63, 3.8) is 0 Å².